The van der Waals surface area contributed by atoms with Gasteiger partial charge in [0.15, 0.2) is 0 Å². The van der Waals surface area contributed by atoms with Gasteiger partial charge in [0, 0.05) is 0 Å². The molecule has 3 N–H and O–H groups in total. The molecule has 0 aromatic rings. The maximum atomic E-state index is 10.8. The van der Waals surface area contributed by atoms with E-state index in [2.05, 4.69) is 5.32 Å². The van der Waals surface area contributed by atoms with Gasteiger partial charge in [0.2, 0.25) is 5.91 Å². The van der Waals surface area contributed by atoms with Gasteiger partial charge in [0.05, 0.1) is 0 Å². The summed E-state index contributed by atoms with van der Waals surface area (Å²) in [6, 6.07) is 0. The zero-order chi connectivity index (χ0) is 10.6. The molecule has 0 aromatic carbocycles. The second-order valence-corrected chi connectivity index (χ2v) is 3.05. The first kappa shape index (κ1) is 11.4. The summed E-state index contributed by atoms with van der Waals surface area (Å²) in [5, 5.41) is 18.8. The van der Waals surface area contributed by atoms with Gasteiger partial charge in [-0.1, -0.05) is 0 Å². The number of carboxylic acids is 2. The third-order valence-corrected chi connectivity index (χ3v) is 1.30. The van der Waals surface area contributed by atoms with Crippen LogP contribution in [0.15, 0.2) is 0 Å². The molecular formula is C7H11NO5. The number of hydrogen-bond donors (Lipinski definition) is 3. The van der Waals surface area contributed by atoms with Gasteiger partial charge >= 0.3 is 11.9 Å². The van der Waals surface area contributed by atoms with E-state index in [0.29, 0.717) is 0 Å². The van der Waals surface area contributed by atoms with Crippen molar-refractivity contribution in [3.63, 3.8) is 0 Å². The second kappa shape index (κ2) is 3.88. The molecule has 0 aliphatic rings. The van der Waals surface area contributed by atoms with Crippen LogP contribution in [0.4, 0.5) is 0 Å². The standard InChI is InChI=1S/C7H11NO5/c1-7(2,6(12)13)8-4(9)3-5(10)11/h3H2,1-2H3,(H,8,9)(H,10,11)(H,12,13). The Bertz CT molecular complexity index is 245. The van der Waals surface area contributed by atoms with Gasteiger partial charge in [0.1, 0.15) is 12.0 Å². The topological polar surface area (TPSA) is 104 Å². The molecule has 1 amide bonds. The van der Waals surface area contributed by atoms with Crippen molar-refractivity contribution in [2.45, 2.75) is 25.8 Å². The summed E-state index contributed by atoms with van der Waals surface area (Å²) >= 11 is 0. The second-order valence-electron chi connectivity index (χ2n) is 3.05. The van der Waals surface area contributed by atoms with Crippen molar-refractivity contribution in [1.29, 1.82) is 0 Å². The highest BCUT2D eigenvalue weighted by Gasteiger charge is 2.29. The minimum atomic E-state index is -1.44. The minimum Gasteiger partial charge on any atom is -0.481 e. The maximum absolute atomic E-state index is 10.8. The number of nitrogens with one attached hydrogen (secondary N) is 1. The molecule has 74 valence electrons. The Labute approximate surface area is 74.6 Å². The quantitative estimate of drug-likeness (QED) is 0.514. The van der Waals surface area contributed by atoms with Crippen molar-refractivity contribution >= 4 is 17.8 Å². The third-order valence-electron chi connectivity index (χ3n) is 1.30. The maximum Gasteiger partial charge on any atom is 0.328 e. The molecule has 0 atom stereocenters. The van der Waals surface area contributed by atoms with E-state index >= 15 is 0 Å². The Kier molecular flexibility index (Phi) is 3.41. The van der Waals surface area contributed by atoms with Crippen LogP contribution < -0.4 is 5.32 Å². The molecule has 0 heterocycles. The molecule has 0 aliphatic carbocycles. The number of carbonyl (C=O) groups is 3. The van der Waals surface area contributed by atoms with Crippen molar-refractivity contribution < 1.29 is 24.6 Å². The lowest BCUT2D eigenvalue weighted by Gasteiger charge is -2.20. The first-order chi connectivity index (χ1) is 5.75. The predicted octanol–water partition coefficient (Wildman–Crippen LogP) is -0.559. The highest BCUT2D eigenvalue weighted by molar-refractivity contribution is 5.96. The number of hydrogen-bond acceptors (Lipinski definition) is 3. The first-order valence-corrected chi connectivity index (χ1v) is 3.52. The van der Waals surface area contributed by atoms with Gasteiger partial charge in [-0.2, -0.15) is 0 Å². The lowest BCUT2D eigenvalue weighted by Crippen LogP contribution is -2.50. The molecule has 0 saturated carbocycles. The van der Waals surface area contributed by atoms with E-state index in [9.17, 15) is 14.4 Å². The lowest BCUT2D eigenvalue weighted by atomic mass is 10.1. The molecule has 0 spiro atoms. The van der Waals surface area contributed by atoms with Crippen LogP contribution in [-0.2, 0) is 14.4 Å². The largest absolute Gasteiger partial charge is 0.481 e. The summed E-state index contributed by atoms with van der Waals surface area (Å²) in [7, 11) is 0. The monoisotopic (exact) mass is 189 g/mol. The van der Waals surface area contributed by atoms with E-state index in [0.717, 1.165) is 0 Å². The number of amides is 1. The zero-order valence-electron chi connectivity index (χ0n) is 7.33. The van der Waals surface area contributed by atoms with E-state index in [1.807, 2.05) is 0 Å². The van der Waals surface area contributed by atoms with Crippen LogP contribution in [0.3, 0.4) is 0 Å². The molecule has 0 unspecified atom stereocenters. The average Bonchev–Trinajstić information content (AvgIpc) is 1.82. The van der Waals surface area contributed by atoms with Gasteiger partial charge < -0.3 is 15.5 Å². The number of rotatable bonds is 4. The normalized spacial score (nSPS) is 10.6. The Balaban J connectivity index is 4.20. The molecule has 13 heavy (non-hydrogen) atoms. The van der Waals surface area contributed by atoms with Gasteiger partial charge in [-0.15, -0.1) is 0 Å². The summed E-state index contributed by atoms with van der Waals surface area (Å²) in [5.74, 6) is -3.33. The van der Waals surface area contributed by atoms with E-state index in [-0.39, 0.29) is 0 Å². The van der Waals surface area contributed by atoms with Crippen molar-refractivity contribution in [2.75, 3.05) is 0 Å². The van der Waals surface area contributed by atoms with Crippen molar-refractivity contribution in [2.24, 2.45) is 0 Å². The number of carbonyl (C=O) groups excluding carboxylic acids is 1. The summed E-state index contributed by atoms with van der Waals surface area (Å²) in [6.45, 7) is 2.55. The Morgan fingerprint density at radius 2 is 1.69 bits per heavy atom. The van der Waals surface area contributed by atoms with Gasteiger partial charge in [-0.3, -0.25) is 9.59 Å². The van der Waals surface area contributed by atoms with Crippen LogP contribution in [0.25, 0.3) is 0 Å². The van der Waals surface area contributed by atoms with Crippen LogP contribution in [0.2, 0.25) is 0 Å². The first-order valence-electron chi connectivity index (χ1n) is 3.52. The summed E-state index contributed by atoms with van der Waals surface area (Å²) < 4.78 is 0. The molecule has 0 saturated heterocycles. The molecule has 0 aliphatic heterocycles. The minimum absolute atomic E-state index is 0.725. The Morgan fingerprint density at radius 3 is 2.00 bits per heavy atom. The van der Waals surface area contributed by atoms with Crippen LogP contribution in [0, 0.1) is 0 Å². The van der Waals surface area contributed by atoms with Gasteiger partial charge in [0.25, 0.3) is 0 Å². The van der Waals surface area contributed by atoms with Crippen LogP contribution in [-0.4, -0.2) is 33.6 Å². The smallest absolute Gasteiger partial charge is 0.328 e. The highest BCUT2D eigenvalue weighted by atomic mass is 16.4. The van der Waals surface area contributed by atoms with Gasteiger partial charge in [-0.05, 0) is 13.8 Å². The Morgan fingerprint density at radius 1 is 1.23 bits per heavy atom. The predicted molar refractivity (Wildman–Crippen MR) is 42.1 cm³/mol. The lowest BCUT2D eigenvalue weighted by molar-refractivity contribution is -0.148. The third kappa shape index (κ3) is 4.09. The average molecular weight is 189 g/mol. The molecule has 0 aromatic heterocycles. The SMILES string of the molecule is CC(C)(NC(=O)CC(=O)O)C(=O)O. The number of aliphatic carboxylic acids is 2. The fraction of sp³-hybridized carbons (Fsp3) is 0.571. The highest BCUT2D eigenvalue weighted by Crippen LogP contribution is 2.01. The van der Waals surface area contributed by atoms with Crippen LogP contribution in [0.5, 0.6) is 0 Å². The fourth-order valence-electron chi connectivity index (χ4n) is 0.584. The molecule has 6 nitrogen and oxygen atoms in total. The molecule has 0 radical (unpaired) electrons. The molecule has 0 rings (SSSR count). The summed E-state index contributed by atoms with van der Waals surface area (Å²) in [4.78, 5) is 31.4. The van der Waals surface area contributed by atoms with Crippen LogP contribution >= 0.6 is 0 Å². The van der Waals surface area contributed by atoms with Crippen molar-refractivity contribution in [3.8, 4) is 0 Å². The Hall–Kier alpha value is -1.59. The van der Waals surface area contributed by atoms with Crippen molar-refractivity contribution in [1.82, 2.24) is 5.32 Å². The van der Waals surface area contributed by atoms with Crippen LogP contribution in [0.1, 0.15) is 20.3 Å². The van der Waals surface area contributed by atoms with Crippen molar-refractivity contribution in [3.05, 3.63) is 0 Å². The van der Waals surface area contributed by atoms with E-state index in [1.165, 1.54) is 13.8 Å². The van der Waals surface area contributed by atoms with E-state index in [1.54, 1.807) is 0 Å². The molecule has 0 bridgehead atoms. The fourth-order valence-corrected chi connectivity index (χ4v) is 0.584. The van der Waals surface area contributed by atoms with Gasteiger partial charge in [-0.25, -0.2) is 4.79 Å². The molecule has 6 heteroatoms. The zero-order valence-corrected chi connectivity index (χ0v) is 7.33. The summed E-state index contributed by atoms with van der Waals surface area (Å²) in [5.41, 5.74) is -1.44. The number of carboxylic acid groups (broad SMARTS) is 2. The molecular weight excluding hydrogens is 178 g/mol. The molecule has 0 fully saturated rings. The summed E-state index contributed by atoms with van der Waals surface area (Å²) in [6.07, 6.45) is -0.725. The van der Waals surface area contributed by atoms with E-state index in [4.69, 9.17) is 10.2 Å². The van der Waals surface area contributed by atoms with E-state index < -0.39 is 29.8 Å².